The molecule has 0 aromatic heterocycles. The largest absolute Gasteiger partial charge is 0.506 e. The number of aliphatic hydroxyl groups is 2. The Labute approximate surface area is 255 Å². The molecule has 0 radical (unpaired) electrons. The summed E-state index contributed by atoms with van der Waals surface area (Å²) in [6, 6.07) is 23.6. The van der Waals surface area contributed by atoms with Gasteiger partial charge in [-0.1, -0.05) is 26.7 Å². The van der Waals surface area contributed by atoms with Crippen molar-refractivity contribution in [2.75, 3.05) is 10.6 Å². The Kier molecular flexibility index (Phi) is 11.4. The average molecular weight is 597 g/mol. The average Bonchev–Trinajstić information content (AvgIpc) is 3.00. The predicted molar refractivity (Wildman–Crippen MR) is 171 cm³/mol. The summed E-state index contributed by atoms with van der Waals surface area (Å²) in [6.07, 6.45) is 1.52. The first-order valence-electron chi connectivity index (χ1n) is 14.3. The number of hydrogen-bond acceptors (Lipinski definition) is 12. The smallest absolute Gasteiger partial charge is 0.145 e. The lowest BCUT2D eigenvalue weighted by atomic mass is 10.2. The maximum Gasteiger partial charge on any atom is 0.145 e. The molecule has 0 aliphatic heterocycles. The monoisotopic (exact) mass is 596 g/mol. The molecule has 0 spiro atoms. The summed E-state index contributed by atoms with van der Waals surface area (Å²) in [6.45, 7) is 3.96. The third-order valence-corrected chi connectivity index (χ3v) is 6.27. The van der Waals surface area contributed by atoms with Crippen molar-refractivity contribution in [1.82, 2.24) is 0 Å². The SMILES string of the molecule is CCCC(O)Nc1ccc(N=Nc2ccc(N=Nc3ccc(N=Nc4ccc(NC(O)CCC)cc4O)cc3)cc2)c(O)c1. The van der Waals surface area contributed by atoms with E-state index < -0.39 is 12.5 Å². The van der Waals surface area contributed by atoms with Gasteiger partial charge in [0.25, 0.3) is 0 Å². The first-order valence-corrected chi connectivity index (χ1v) is 14.3. The molecule has 228 valence electrons. The zero-order valence-electron chi connectivity index (χ0n) is 24.5. The van der Waals surface area contributed by atoms with E-state index >= 15 is 0 Å². The number of nitrogens with one attached hydrogen (secondary N) is 2. The molecule has 0 saturated heterocycles. The molecule has 12 heteroatoms. The Hall–Kier alpha value is -5.20. The van der Waals surface area contributed by atoms with E-state index in [1.807, 2.05) is 13.8 Å². The second-order valence-corrected chi connectivity index (χ2v) is 9.94. The highest BCUT2D eigenvalue weighted by molar-refractivity contribution is 5.61. The van der Waals surface area contributed by atoms with Gasteiger partial charge in [-0.05, 0) is 85.6 Å². The van der Waals surface area contributed by atoms with Crippen LogP contribution >= 0.6 is 0 Å². The second kappa shape index (κ2) is 15.9. The molecule has 4 aromatic carbocycles. The molecule has 0 amide bonds. The number of anilines is 2. The number of azo groups is 3. The molecule has 0 aliphatic rings. The molecule has 0 saturated carbocycles. The Morgan fingerprint density at radius 1 is 0.500 bits per heavy atom. The van der Waals surface area contributed by atoms with Gasteiger partial charge in [-0.2, -0.15) is 20.5 Å². The van der Waals surface area contributed by atoms with E-state index in [9.17, 15) is 20.4 Å². The molecule has 44 heavy (non-hydrogen) atoms. The van der Waals surface area contributed by atoms with Crippen molar-refractivity contribution in [3.8, 4) is 11.5 Å². The van der Waals surface area contributed by atoms with Gasteiger partial charge >= 0.3 is 0 Å². The second-order valence-electron chi connectivity index (χ2n) is 9.94. The maximum atomic E-state index is 10.3. The molecule has 4 rings (SSSR count). The number of rotatable bonds is 14. The molecule has 4 aromatic rings. The van der Waals surface area contributed by atoms with Gasteiger partial charge in [-0.15, -0.1) is 10.2 Å². The zero-order valence-corrected chi connectivity index (χ0v) is 24.5. The highest BCUT2D eigenvalue weighted by Crippen LogP contribution is 2.33. The van der Waals surface area contributed by atoms with Gasteiger partial charge in [0.1, 0.15) is 35.3 Å². The molecular formula is C32H36N8O4. The van der Waals surface area contributed by atoms with Crippen LogP contribution in [0, 0.1) is 0 Å². The Morgan fingerprint density at radius 3 is 1.11 bits per heavy atom. The van der Waals surface area contributed by atoms with Crippen LogP contribution in [0.1, 0.15) is 39.5 Å². The van der Waals surface area contributed by atoms with Crippen LogP contribution < -0.4 is 10.6 Å². The van der Waals surface area contributed by atoms with Gasteiger partial charge in [0.05, 0.1) is 22.7 Å². The normalized spacial score (nSPS) is 13.1. The fourth-order valence-corrected chi connectivity index (χ4v) is 3.98. The fraction of sp³-hybridized carbons (Fsp3) is 0.250. The number of nitrogens with zero attached hydrogens (tertiary/aromatic N) is 6. The fourth-order valence-electron chi connectivity index (χ4n) is 3.98. The molecule has 2 atom stereocenters. The predicted octanol–water partition coefficient (Wildman–Crippen LogP) is 9.40. The third kappa shape index (κ3) is 9.68. The van der Waals surface area contributed by atoms with Crippen LogP contribution in [-0.4, -0.2) is 32.9 Å². The summed E-state index contributed by atoms with van der Waals surface area (Å²) in [4.78, 5) is 0. The van der Waals surface area contributed by atoms with Crippen molar-refractivity contribution >= 4 is 45.5 Å². The van der Waals surface area contributed by atoms with Crippen LogP contribution in [0.4, 0.5) is 45.5 Å². The lowest BCUT2D eigenvalue weighted by molar-refractivity contribution is 0.191. The molecular weight excluding hydrogens is 560 g/mol. The van der Waals surface area contributed by atoms with Crippen LogP contribution in [0.25, 0.3) is 0 Å². The summed E-state index contributed by atoms with van der Waals surface area (Å²) in [7, 11) is 0. The Morgan fingerprint density at radius 2 is 0.818 bits per heavy atom. The minimum atomic E-state index is -0.681. The van der Waals surface area contributed by atoms with Crippen LogP contribution in [0.5, 0.6) is 11.5 Å². The quantitative estimate of drug-likeness (QED) is 0.0623. The molecule has 12 nitrogen and oxygen atoms in total. The number of benzene rings is 4. The highest BCUT2D eigenvalue weighted by atomic mass is 16.3. The molecule has 0 heterocycles. The molecule has 6 N–H and O–H groups in total. The lowest BCUT2D eigenvalue weighted by Crippen LogP contribution is -2.17. The topological polar surface area (TPSA) is 179 Å². The summed E-state index contributed by atoms with van der Waals surface area (Å²) < 4.78 is 0. The van der Waals surface area contributed by atoms with E-state index in [0.717, 1.165) is 12.8 Å². The minimum Gasteiger partial charge on any atom is -0.506 e. The lowest BCUT2D eigenvalue weighted by Gasteiger charge is -2.13. The number of phenols is 2. The van der Waals surface area contributed by atoms with Crippen molar-refractivity contribution in [2.24, 2.45) is 30.7 Å². The van der Waals surface area contributed by atoms with E-state index in [-0.39, 0.29) is 11.5 Å². The molecule has 0 aliphatic carbocycles. The summed E-state index contributed by atoms with van der Waals surface area (Å²) >= 11 is 0. The first-order chi connectivity index (χ1) is 21.3. The number of aromatic hydroxyl groups is 2. The minimum absolute atomic E-state index is 0.0515. The van der Waals surface area contributed by atoms with Crippen molar-refractivity contribution in [3.05, 3.63) is 84.9 Å². The van der Waals surface area contributed by atoms with Gasteiger partial charge in [0.2, 0.25) is 0 Å². The van der Waals surface area contributed by atoms with Gasteiger partial charge in [-0.25, -0.2) is 0 Å². The van der Waals surface area contributed by atoms with Crippen molar-refractivity contribution in [1.29, 1.82) is 0 Å². The Balaban J connectivity index is 1.31. The molecule has 2 unspecified atom stereocenters. The summed E-state index contributed by atoms with van der Waals surface area (Å²) in [5, 5.41) is 71.2. The van der Waals surface area contributed by atoms with Gasteiger partial charge in [0.15, 0.2) is 0 Å². The number of phenolic OH excluding ortho intramolecular Hbond substituents is 2. The number of hydrogen-bond donors (Lipinski definition) is 6. The van der Waals surface area contributed by atoms with Crippen molar-refractivity contribution < 1.29 is 20.4 Å². The highest BCUT2D eigenvalue weighted by Gasteiger charge is 2.07. The van der Waals surface area contributed by atoms with E-state index in [0.29, 0.717) is 58.3 Å². The first kappa shape index (κ1) is 31.7. The summed E-state index contributed by atoms with van der Waals surface area (Å²) in [5.41, 5.74) is 4.18. The van der Waals surface area contributed by atoms with Crippen LogP contribution in [0.2, 0.25) is 0 Å². The third-order valence-electron chi connectivity index (χ3n) is 6.27. The zero-order chi connectivity index (χ0) is 31.3. The molecule has 0 bridgehead atoms. The van der Waals surface area contributed by atoms with Gasteiger partial charge in [-0.3, -0.25) is 0 Å². The van der Waals surface area contributed by atoms with E-state index in [1.54, 1.807) is 72.8 Å². The summed E-state index contributed by atoms with van der Waals surface area (Å²) in [5.74, 6) is -0.103. The van der Waals surface area contributed by atoms with Crippen LogP contribution in [-0.2, 0) is 0 Å². The van der Waals surface area contributed by atoms with E-state index in [4.69, 9.17) is 0 Å². The van der Waals surface area contributed by atoms with Crippen molar-refractivity contribution in [3.63, 3.8) is 0 Å². The standard InChI is InChI=1S/C32H36N8O4/c1-3-5-31(43)33-25-15-17-27(29(41)19-25)39-37-23-11-7-21(8-12-23)35-36-22-9-13-24(14-10-22)38-40-28-18-16-26(20-30(28)42)34-32(44)6-4-2/h7-20,31-34,41-44H,3-6H2,1-2H3. The molecule has 0 fully saturated rings. The number of aliphatic hydroxyl groups excluding tert-OH is 2. The van der Waals surface area contributed by atoms with Gasteiger partial charge in [0, 0.05) is 23.5 Å². The van der Waals surface area contributed by atoms with E-state index in [2.05, 4.69) is 41.3 Å². The van der Waals surface area contributed by atoms with Crippen molar-refractivity contribution in [2.45, 2.75) is 52.0 Å². The van der Waals surface area contributed by atoms with Crippen LogP contribution in [0.3, 0.4) is 0 Å². The van der Waals surface area contributed by atoms with Gasteiger partial charge < -0.3 is 31.1 Å². The van der Waals surface area contributed by atoms with Crippen LogP contribution in [0.15, 0.2) is 116 Å². The Bertz CT molecular complexity index is 1470. The maximum absolute atomic E-state index is 10.3. The van der Waals surface area contributed by atoms with E-state index in [1.165, 1.54) is 12.1 Å².